The standard InChI is InChI=1S/C28H44O7/c1-9-14(2)25(31)34-23-22(30)16(4)32-26(24(23)33-17(5)29)35-28(8)13-12-19-21(27(19,6)7)20-15(3)10-11-18(20)28/h9,15-16,18-24,26,30H,10-13H2,1-8H3. The predicted octanol–water partition coefficient (Wildman–Crippen LogP) is 4.41. The summed E-state index contributed by atoms with van der Waals surface area (Å²) in [6.07, 6.45) is 1.03. The van der Waals surface area contributed by atoms with Gasteiger partial charge in [0.15, 0.2) is 18.5 Å². The summed E-state index contributed by atoms with van der Waals surface area (Å²) < 4.78 is 24.2. The fraction of sp³-hybridized carbons (Fsp3) is 0.857. The van der Waals surface area contributed by atoms with E-state index in [0.717, 1.165) is 19.3 Å². The molecule has 4 aliphatic rings. The van der Waals surface area contributed by atoms with Crippen LogP contribution in [0.15, 0.2) is 11.6 Å². The van der Waals surface area contributed by atoms with E-state index in [0.29, 0.717) is 40.6 Å². The van der Waals surface area contributed by atoms with Gasteiger partial charge >= 0.3 is 11.9 Å². The van der Waals surface area contributed by atoms with E-state index < -0.39 is 48.2 Å². The topological polar surface area (TPSA) is 91.3 Å². The molecule has 4 rings (SSSR count). The SMILES string of the molecule is CC=C(C)C(=O)OC1C(O)C(C)OC(OC2(C)CCC3C(C4C(C)CCC42)C3(C)C)C1OC(C)=O. The first kappa shape index (κ1) is 26.6. The highest BCUT2D eigenvalue weighted by atomic mass is 16.7. The number of carbonyl (C=O) groups excluding carboxylic acids is 2. The van der Waals surface area contributed by atoms with Crippen LogP contribution in [-0.2, 0) is 28.5 Å². The van der Waals surface area contributed by atoms with E-state index in [2.05, 4.69) is 27.7 Å². The quantitative estimate of drug-likeness (QED) is 0.449. The number of hydrogen-bond acceptors (Lipinski definition) is 7. The van der Waals surface area contributed by atoms with Gasteiger partial charge in [-0.25, -0.2) is 4.79 Å². The number of allylic oxidation sites excluding steroid dienone is 1. The van der Waals surface area contributed by atoms with Gasteiger partial charge in [0.2, 0.25) is 0 Å². The van der Waals surface area contributed by atoms with Crippen LogP contribution in [0.5, 0.6) is 0 Å². The van der Waals surface area contributed by atoms with Crippen LogP contribution in [-0.4, -0.2) is 53.4 Å². The normalized spacial score (nSPS) is 46.7. The molecule has 35 heavy (non-hydrogen) atoms. The summed E-state index contributed by atoms with van der Waals surface area (Å²) in [5.41, 5.74) is 0.334. The number of ether oxygens (including phenoxy) is 4. The Labute approximate surface area is 209 Å². The molecule has 0 aromatic carbocycles. The third kappa shape index (κ3) is 4.69. The summed E-state index contributed by atoms with van der Waals surface area (Å²) in [4.78, 5) is 24.7. The molecule has 0 amide bonds. The average molecular weight is 493 g/mol. The van der Waals surface area contributed by atoms with Crippen LogP contribution in [0.1, 0.15) is 81.1 Å². The molecule has 3 aliphatic carbocycles. The van der Waals surface area contributed by atoms with Crippen molar-refractivity contribution in [2.45, 2.75) is 117 Å². The molecule has 0 aromatic heterocycles. The molecule has 7 heteroatoms. The third-order valence-corrected chi connectivity index (χ3v) is 9.79. The molecule has 11 atom stereocenters. The molecule has 0 bridgehead atoms. The van der Waals surface area contributed by atoms with Crippen LogP contribution in [0.25, 0.3) is 0 Å². The van der Waals surface area contributed by atoms with Crippen molar-refractivity contribution in [1.29, 1.82) is 0 Å². The number of aliphatic hydroxyl groups is 1. The van der Waals surface area contributed by atoms with Gasteiger partial charge in [-0.15, -0.1) is 0 Å². The summed E-state index contributed by atoms with van der Waals surface area (Å²) in [7, 11) is 0. The molecular weight excluding hydrogens is 448 g/mol. The molecule has 198 valence electrons. The van der Waals surface area contributed by atoms with Gasteiger partial charge in [-0.05, 0) is 82.0 Å². The van der Waals surface area contributed by atoms with Crippen molar-refractivity contribution in [2.24, 2.45) is 35.0 Å². The first-order valence-corrected chi connectivity index (χ1v) is 13.3. The van der Waals surface area contributed by atoms with Crippen molar-refractivity contribution in [2.75, 3.05) is 0 Å². The highest BCUT2D eigenvalue weighted by molar-refractivity contribution is 5.87. The lowest BCUT2D eigenvalue weighted by atomic mass is 9.74. The van der Waals surface area contributed by atoms with Crippen LogP contribution in [0, 0.1) is 35.0 Å². The molecule has 0 spiro atoms. The molecule has 0 radical (unpaired) electrons. The minimum absolute atomic E-state index is 0.379. The molecule has 1 N–H and O–H groups in total. The van der Waals surface area contributed by atoms with Gasteiger partial charge in [0.05, 0.1) is 11.7 Å². The monoisotopic (exact) mass is 492 g/mol. The Hall–Kier alpha value is -1.44. The van der Waals surface area contributed by atoms with Gasteiger partial charge < -0.3 is 24.1 Å². The number of aliphatic hydroxyl groups excluding tert-OH is 1. The molecule has 7 nitrogen and oxygen atoms in total. The van der Waals surface area contributed by atoms with Crippen LogP contribution in [0.4, 0.5) is 0 Å². The van der Waals surface area contributed by atoms with Crippen molar-refractivity contribution in [3.63, 3.8) is 0 Å². The van der Waals surface area contributed by atoms with Gasteiger partial charge in [0.1, 0.15) is 6.10 Å². The van der Waals surface area contributed by atoms with Gasteiger partial charge in [-0.1, -0.05) is 33.3 Å². The lowest BCUT2D eigenvalue weighted by Gasteiger charge is -2.47. The molecule has 1 saturated heterocycles. The largest absolute Gasteiger partial charge is 0.453 e. The van der Waals surface area contributed by atoms with Gasteiger partial charge in [0, 0.05) is 12.5 Å². The molecule has 1 heterocycles. The molecule has 4 fully saturated rings. The lowest BCUT2D eigenvalue weighted by Crippen LogP contribution is -2.62. The molecule has 0 aromatic rings. The Morgan fingerprint density at radius 3 is 2.31 bits per heavy atom. The average Bonchev–Trinajstić information content (AvgIpc) is 3.16. The van der Waals surface area contributed by atoms with E-state index in [9.17, 15) is 14.7 Å². The smallest absolute Gasteiger partial charge is 0.333 e. The van der Waals surface area contributed by atoms with E-state index >= 15 is 0 Å². The summed E-state index contributed by atoms with van der Waals surface area (Å²) >= 11 is 0. The highest BCUT2D eigenvalue weighted by Gasteiger charge is 2.67. The van der Waals surface area contributed by atoms with E-state index in [4.69, 9.17) is 18.9 Å². The first-order valence-electron chi connectivity index (χ1n) is 13.3. The molecular formula is C28H44O7. The predicted molar refractivity (Wildman–Crippen MR) is 130 cm³/mol. The zero-order chi connectivity index (χ0) is 25.9. The van der Waals surface area contributed by atoms with Crippen molar-refractivity contribution >= 4 is 11.9 Å². The van der Waals surface area contributed by atoms with Crippen molar-refractivity contribution in [3.05, 3.63) is 11.6 Å². The summed E-state index contributed by atoms with van der Waals surface area (Å²) in [6.45, 7) is 15.8. The lowest BCUT2D eigenvalue weighted by molar-refractivity contribution is -0.329. The molecule has 1 aliphatic heterocycles. The Kier molecular flexibility index (Phi) is 7.19. The second-order valence-corrected chi connectivity index (χ2v) is 12.3. The van der Waals surface area contributed by atoms with Crippen LogP contribution in [0.3, 0.4) is 0 Å². The second-order valence-electron chi connectivity index (χ2n) is 12.3. The first-order chi connectivity index (χ1) is 16.3. The number of carbonyl (C=O) groups is 2. The van der Waals surface area contributed by atoms with Crippen molar-refractivity contribution < 1.29 is 33.6 Å². The Morgan fingerprint density at radius 2 is 1.69 bits per heavy atom. The maximum Gasteiger partial charge on any atom is 0.333 e. The van der Waals surface area contributed by atoms with Gasteiger partial charge in [-0.2, -0.15) is 0 Å². The minimum atomic E-state index is -1.15. The van der Waals surface area contributed by atoms with E-state index in [1.165, 1.54) is 13.3 Å². The van der Waals surface area contributed by atoms with Crippen LogP contribution < -0.4 is 0 Å². The Bertz CT molecular complexity index is 865. The Morgan fingerprint density at radius 1 is 1.00 bits per heavy atom. The van der Waals surface area contributed by atoms with Crippen molar-refractivity contribution in [1.82, 2.24) is 0 Å². The highest BCUT2D eigenvalue weighted by Crippen LogP contribution is 2.71. The number of esters is 2. The molecule has 11 unspecified atom stereocenters. The molecule has 3 saturated carbocycles. The summed E-state index contributed by atoms with van der Waals surface area (Å²) in [5, 5.41) is 10.9. The Balaban J connectivity index is 1.62. The second kappa shape index (κ2) is 9.46. The van der Waals surface area contributed by atoms with Gasteiger partial charge in [-0.3, -0.25) is 4.79 Å². The van der Waals surface area contributed by atoms with Crippen LogP contribution >= 0.6 is 0 Å². The minimum Gasteiger partial charge on any atom is -0.453 e. The fourth-order valence-electron chi connectivity index (χ4n) is 7.55. The van der Waals surface area contributed by atoms with Gasteiger partial charge in [0.25, 0.3) is 0 Å². The van der Waals surface area contributed by atoms with Crippen LogP contribution in [0.2, 0.25) is 0 Å². The summed E-state index contributed by atoms with van der Waals surface area (Å²) in [6, 6.07) is 0. The van der Waals surface area contributed by atoms with E-state index in [-0.39, 0.29) is 0 Å². The third-order valence-electron chi connectivity index (χ3n) is 9.79. The van der Waals surface area contributed by atoms with E-state index in [1.807, 2.05) is 0 Å². The zero-order valence-corrected chi connectivity index (χ0v) is 22.6. The summed E-state index contributed by atoms with van der Waals surface area (Å²) in [5.74, 6) is 1.93. The maximum absolute atomic E-state index is 12.6. The number of fused-ring (bicyclic) bond motifs is 3. The maximum atomic E-state index is 12.6. The number of rotatable bonds is 5. The number of hydrogen-bond donors (Lipinski definition) is 1. The zero-order valence-electron chi connectivity index (χ0n) is 22.6. The van der Waals surface area contributed by atoms with Crippen molar-refractivity contribution in [3.8, 4) is 0 Å². The van der Waals surface area contributed by atoms with E-state index in [1.54, 1.807) is 26.8 Å². The fourth-order valence-corrected chi connectivity index (χ4v) is 7.55.